The Morgan fingerprint density at radius 3 is 2.57 bits per heavy atom. The number of alkyl halides is 3. The van der Waals surface area contributed by atoms with Crippen molar-refractivity contribution in [2.75, 3.05) is 6.54 Å². The van der Waals surface area contributed by atoms with Crippen LogP contribution < -0.4 is 5.32 Å². The minimum absolute atomic E-state index is 0.123. The fourth-order valence-corrected chi connectivity index (χ4v) is 2.09. The fourth-order valence-electron chi connectivity index (χ4n) is 2.09. The summed E-state index contributed by atoms with van der Waals surface area (Å²) in [7, 11) is 0. The predicted molar refractivity (Wildman–Crippen MR) is 76.6 cm³/mol. The summed E-state index contributed by atoms with van der Waals surface area (Å²) in [6, 6.07) is 2.81. The Morgan fingerprint density at radius 1 is 1.26 bits per heavy atom. The Bertz CT molecular complexity index is 674. The standard InChI is InChI=1S/C14H18F3N5O/c1-10-4-6-19-22(10)9-13(23)18-5-3-7-21-11(2)8-12(20-21)14(15,16)17/h4,6,8H,3,5,7,9H2,1-2H3,(H,18,23). The molecule has 0 aliphatic rings. The van der Waals surface area contributed by atoms with Gasteiger partial charge >= 0.3 is 6.18 Å². The Kier molecular flexibility index (Phi) is 5.07. The third kappa shape index (κ3) is 4.57. The highest BCUT2D eigenvalue weighted by Gasteiger charge is 2.34. The summed E-state index contributed by atoms with van der Waals surface area (Å²) in [5.41, 5.74) is 0.427. The minimum atomic E-state index is -4.44. The van der Waals surface area contributed by atoms with Gasteiger partial charge < -0.3 is 5.32 Å². The average molecular weight is 329 g/mol. The molecule has 2 aromatic rings. The maximum Gasteiger partial charge on any atom is 0.435 e. The van der Waals surface area contributed by atoms with E-state index in [2.05, 4.69) is 15.5 Å². The first-order valence-electron chi connectivity index (χ1n) is 7.14. The fraction of sp³-hybridized carbons (Fsp3) is 0.500. The van der Waals surface area contributed by atoms with Crippen molar-refractivity contribution in [2.24, 2.45) is 0 Å². The van der Waals surface area contributed by atoms with Crippen molar-refractivity contribution in [1.82, 2.24) is 24.9 Å². The number of halogens is 3. The number of carbonyl (C=O) groups is 1. The van der Waals surface area contributed by atoms with Crippen LogP contribution in [0.4, 0.5) is 13.2 Å². The molecule has 126 valence electrons. The van der Waals surface area contributed by atoms with E-state index in [1.54, 1.807) is 23.9 Å². The molecule has 0 saturated carbocycles. The molecule has 0 saturated heterocycles. The molecule has 0 fully saturated rings. The minimum Gasteiger partial charge on any atom is -0.354 e. The molecule has 2 heterocycles. The lowest BCUT2D eigenvalue weighted by Gasteiger charge is -2.08. The summed E-state index contributed by atoms with van der Waals surface area (Å²) in [5.74, 6) is -0.190. The number of hydrogen-bond donors (Lipinski definition) is 1. The van der Waals surface area contributed by atoms with Gasteiger partial charge in [0.25, 0.3) is 0 Å². The molecule has 0 aliphatic carbocycles. The van der Waals surface area contributed by atoms with Crippen LogP contribution in [-0.2, 0) is 24.1 Å². The third-order valence-electron chi connectivity index (χ3n) is 3.36. The number of carbonyl (C=O) groups excluding carboxylic acids is 1. The van der Waals surface area contributed by atoms with Crippen LogP contribution in [0.2, 0.25) is 0 Å². The average Bonchev–Trinajstić information content (AvgIpc) is 3.02. The first-order valence-corrected chi connectivity index (χ1v) is 7.14. The summed E-state index contributed by atoms with van der Waals surface area (Å²) >= 11 is 0. The summed E-state index contributed by atoms with van der Waals surface area (Å²) in [4.78, 5) is 11.7. The lowest BCUT2D eigenvalue weighted by Crippen LogP contribution is -2.29. The van der Waals surface area contributed by atoms with E-state index in [0.717, 1.165) is 11.8 Å². The first kappa shape index (κ1) is 17.0. The number of aryl methyl sites for hydroxylation is 3. The Labute approximate surface area is 131 Å². The molecule has 9 heteroatoms. The molecule has 1 N–H and O–H groups in total. The first-order chi connectivity index (χ1) is 10.8. The number of rotatable bonds is 6. The SMILES string of the molecule is Cc1ccnn1CC(=O)NCCCn1nc(C(F)(F)F)cc1C. The van der Waals surface area contributed by atoms with E-state index in [0.29, 0.717) is 25.2 Å². The molecule has 0 aliphatic heterocycles. The van der Waals surface area contributed by atoms with Gasteiger partial charge in [0.05, 0.1) is 0 Å². The number of nitrogens with zero attached hydrogens (tertiary/aromatic N) is 4. The van der Waals surface area contributed by atoms with Gasteiger partial charge in [0.15, 0.2) is 5.69 Å². The molecular formula is C14H18F3N5O. The van der Waals surface area contributed by atoms with Crippen LogP contribution in [0.25, 0.3) is 0 Å². The van der Waals surface area contributed by atoms with Crippen LogP contribution in [0.5, 0.6) is 0 Å². The van der Waals surface area contributed by atoms with Crippen molar-refractivity contribution in [2.45, 2.75) is 39.5 Å². The molecule has 0 atom stereocenters. The highest BCUT2D eigenvalue weighted by atomic mass is 19.4. The van der Waals surface area contributed by atoms with Crippen molar-refractivity contribution in [3.05, 3.63) is 35.4 Å². The summed E-state index contributed by atoms with van der Waals surface area (Å²) in [6.45, 7) is 4.21. The van der Waals surface area contributed by atoms with Crippen LogP contribution >= 0.6 is 0 Å². The monoisotopic (exact) mass is 329 g/mol. The second-order valence-electron chi connectivity index (χ2n) is 5.23. The van der Waals surface area contributed by atoms with Crippen molar-refractivity contribution >= 4 is 5.91 Å². The zero-order valence-corrected chi connectivity index (χ0v) is 12.9. The predicted octanol–water partition coefficient (Wildman–Crippen LogP) is 1.92. The van der Waals surface area contributed by atoms with E-state index in [1.807, 2.05) is 6.92 Å². The van der Waals surface area contributed by atoms with Crippen LogP contribution in [0.1, 0.15) is 23.5 Å². The van der Waals surface area contributed by atoms with Gasteiger partial charge in [-0.15, -0.1) is 0 Å². The van der Waals surface area contributed by atoms with E-state index in [9.17, 15) is 18.0 Å². The number of nitrogens with one attached hydrogen (secondary N) is 1. The normalized spacial score (nSPS) is 11.7. The van der Waals surface area contributed by atoms with Crippen LogP contribution in [-0.4, -0.2) is 32.0 Å². The maximum absolute atomic E-state index is 12.5. The molecular weight excluding hydrogens is 311 g/mol. The van der Waals surface area contributed by atoms with Gasteiger partial charge in [-0.05, 0) is 32.4 Å². The lowest BCUT2D eigenvalue weighted by atomic mass is 10.3. The third-order valence-corrected chi connectivity index (χ3v) is 3.36. The number of hydrogen-bond acceptors (Lipinski definition) is 3. The van der Waals surface area contributed by atoms with E-state index in [-0.39, 0.29) is 12.5 Å². The lowest BCUT2D eigenvalue weighted by molar-refractivity contribution is -0.141. The molecule has 1 amide bonds. The Morgan fingerprint density at radius 2 is 2.00 bits per heavy atom. The molecule has 0 unspecified atom stereocenters. The second kappa shape index (κ2) is 6.84. The summed E-state index contributed by atoms with van der Waals surface area (Å²) in [5, 5.41) is 10.3. The maximum atomic E-state index is 12.5. The van der Waals surface area contributed by atoms with Crippen LogP contribution in [0.15, 0.2) is 18.3 Å². The van der Waals surface area contributed by atoms with Gasteiger partial charge in [-0.2, -0.15) is 23.4 Å². The van der Waals surface area contributed by atoms with E-state index >= 15 is 0 Å². The molecule has 0 radical (unpaired) electrons. The quantitative estimate of drug-likeness (QED) is 0.824. The topological polar surface area (TPSA) is 64.7 Å². The Hall–Kier alpha value is -2.32. The van der Waals surface area contributed by atoms with E-state index in [1.165, 1.54) is 4.68 Å². The smallest absolute Gasteiger partial charge is 0.354 e. The zero-order valence-electron chi connectivity index (χ0n) is 12.9. The van der Waals surface area contributed by atoms with Gasteiger partial charge in [0.1, 0.15) is 6.54 Å². The number of aromatic nitrogens is 4. The Balaban J connectivity index is 1.76. The van der Waals surface area contributed by atoms with E-state index in [4.69, 9.17) is 0 Å². The molecule has 23 heavy (non-hydrogen) atoms. The van der Waals surface area contributed by atoms with Gasteiger partial charge in [0.2, 0.25) is 5.91 Å². The van der Waals surface area contributed by atoms with Gasteiger partial charge in [-0.1, -0.05) is 0 Å². The van der Waals surface area contributed by atoms with Gasteiger partial charge in [0, 0.05) is 30.7 Å². The van der Waals surface area contributed by atoms with Gasteiger partial charge in [-0.3, -0.25) is 14.2 Å². The van der Waals surface area contributed by atoms with Crippen molar-refractivity contribution in [3.8, 4) is 0 Å². The van der Waals surface area contributed by atoms with Gasteiger partial charge in [-0.25, -0.2) is 0 Å². The van der Waals surface area contributed by atoms with Crippen molar-refractivity contribution in [1.29, 1.82) is 0 Å². The number of amides is 1. The van der Waals surface area contributed by atoms with Crippen LogP contribution in [0.3, 0.4) is 0 Å². The highest BCUT2D eigenvalue weighted by molar-refractivity contribution is 5.75. The van der Waals surface area contributed by atoms with Crippen molar-refractivity contribution < 1.29 is 18.0 Å². The van der Waals surface area contributed by atoms with E-state index < -0.39 is 11.9 Å². The molecule has 2 aromatic heterocycles. The zero-order chi connectivity index (χ0) is 17.0. The molecule has 2 rings (SSSR count). The second-order valence-corrected chi connectivity index (χ2v) is 5.23. The van der Waals surface area contributed by atoms with Crippen LogP contribution in [0, 0.1) is 13.8 Å². The summed E-state index contributed by atoms with van der Waals surface area (Å²) < 4.78 is 40.5. The largest absolute Gasteiger partial charge is 0.435 e. The summed E-state index contributed by atoms with van der Waals surface area (Å²) in [6.07, 6.45) is -2.34. The highest BCUT2D eigenvalue weighted by Crippen LogP contribution is 2.28. The molecule has 0 spiro atoms. The molecule has 6 nitrogen and oxygen atoms in total. The molecule has 0 aromatic carbocycles. The molecule has 0 bridgehead atoms. The van der Waals surface area contributed by atoms with Crippen molar-refractivity contribution in [3.63, 3.8) is 0 Å².